The van der Waals surface area contributed by atoms with E-state index < -0.39 is 0 Å². The number of hydrogen-bond donors (Lipinski definition) is 0. The molecule has 0 radical (unpaired) electrons. The lowest BCUT2D eigenvalue weighted by atomic mass is 10.0. The Labute approximate surface area is 163 Å². The van der Waals surface area contributed by atoms with E-state index in [0.29, 0.717) is 12.2 Å². The molecular formula is C23H29N3O. The molecule has 0 amide bonds. The molecule has 0 N–H and O–H groups in total. The van der Waals surface area contributed by atoms with Crippen LogP contribution < -0.4 is 9.64 Å². The topological polar surface area (TPSA) is 39.5 Å². The maximum absolute atomic E-state index is 9.55. The Morgan fingerprint density at radius 1 is 1.00 bits per heavy atom. The number of ether oxygens (including phenoxy) is 1. The van der Waals surface area contributed by atoms with Crippen LogP contribution in [-0.4, -0.2) is 45.2 Å². The number of benzene rings is 2. The molecule has 0 aromatic heterocycles. The Morgan fingerprint density at radius 3 is 2.15 bits per heavy atom. The van der Waals surface area contributed by atoms with Gasteiger partial charge in [0.05, 0.1) is 11.6 Å². The van der Waals surface area contributed by atoms with Crippen molar-refractivity contribution in [3.05, 3.63) is 59.7 Å². The highest BCUT2D eigenvalue weighted by Crippen LogP contribution is 2.22. The van der Waals surface area contributed by atoms with Crippen molar-refractivity contribution in [2.24, 2.45) is 0 Å². The van der Waals surface area contributed by atoms with Gasteiger partial charge in [0.1, 0.15) is 12.4 Å². The normalized spacial score (nSPS) is 11.3. The standard InChI is InChI=1S/C23H29N3O/c1-5-26(6-2)15-16-27-23-13-9-20(10-14-23)21(18-24)17-19-7-11-22(12-8-19)25(3)4/h7-14,17H,5-6,15-16H2,1-4H3/b21-17+. The second-order valence-electron chi connectivity index (χ2n) is 6.56. The van der Waals surface area contributed by atoms with Gasteiger partial charge in [-0.2, -0.15) is 5.26 Å². The van der Waals surface area contributed by atoms with Gasteiger partial charge in [-0.1, -0.05) is 26.0 Å². The largest absolute Gasteiger partial charge is 0.492 e. The summed E-state index contributed by atoms with van der Waals surface area (Å²) < 4.78 is 5.81. The predicted octanol–water partition coefficient (Wildman–Crippen LogP) is 4.54. The van der Waals surface area contributed by atoms with Crippen LogP contribution in [0.25, 0.3) is 11.6 Å². The molecule has 2 rings (SSSR count). The van der Waals surface area contributed by atoms with Crippen LogP contribution >= 0.6 is 0 Å². The zero-order valence-electron chi connectivity index (χ0n) is 16.8. The average Bonchev–Trinajstić information content (AvgIpc) is 2.70. The van der Waals surface area contributed by atoms with Gasteiger partial charge in [0, 0.05) is 26.3 Å². The van der Waals surface area contributed by atoms with Crippen LogP contribution in [0.5, 0.6) is 5.75 Å². The number of nitrogens with zero attached hydrogens (tertiary/aromatic N) is 3. The minimum Gasteiger partial charge on any atom is -0.492 e. The molecule has 4 nitrogen and oxygen atoms in total. The van der Waals surface area contributed by atoms with Gasteiger partial charge in [-0.15, -0.1) is 0 Å². The fraction of sp³-hybridized carbons (Fsp3) is 0.348. The molecule has 2 aromatic carbocycles. The number of likely N-dealkylation sites (N-methyl/N-ethyl adjacent to an activating group) is 1. The van der Waals surface area contributed by atoms with E-state index in [-0.39, 0.29) is 0 Å². The van der Waals surface area contributed by atoms with E-state index in [1.807, 2.05) is 68.7 Å². The Kier molecular flexibility index (Phi) is 7.91. The molecule has 0 saturated heterocycles. The maximum atomic E-state index is 9.55. The van der Waals surface area contributed by atoms with Crippen LogP contribution in [0.4, 0.5) is 5.69 Å². The van der Waals surface area contributed by atoms with Gasteiger partial charge in [-0.05, 0) is 66.7 Å². The van der Waals surface area contributed by atoms with Crippen molar-refractivity contribution in [3.8, 4) is 11.8 Å². The second kappa shape index (κ2) is 10.4. The van der Waals surface area contributed by atoms with Gasteiger partial charge in [0.25, 0.3) is 0 Å². The van der Waals surface area contributed by atoms with Gasteiger partial charge in [0.15, 0.2) is 0 Å². The summed E-state index contributed by atoms with van der Waals surface area (Å²) >= 11 is 0. The Morgan fingerprint density at radius 2 is 1.63 bits per heavy atom. The molecule has 0 fully saturated rings. The van der Waals surface area contributed by atoms with E-state index in [0.717, 1.165) is 42.2 Å². The van der Waals surface area contributed by atoms with Crippen molar-refractivity contribution in [2.75, 3.05) is 45.2 Å². The van der Waals surface area contributed by atoms with E-state index in [9.17, 15) is 5.26 Å². The third kappa shape index (κ3) is 6.16. The highest BCUT2D eigenvalue weighted by molar-refractivity contribution is 5.89. The summed E-state index contributed by atoms with van der Waals surface area (Å²) in [6, 6.07) is 18.2. The Hall–Kier alpha value is -2.77. The fourth-order valence-electron chi connectivity index (χ4n) is 2.78. The van der Waals surface area contributed by atoms with Crippen LogP contribution in [0, 0.1) is 11.3 Å². The summed E-state index contributed by atoms with van der Waals surface area (Å²) in [5.74, 6) is 0.832. The zero-order chi connectivity index (χ0) is 19.6. The molecule has 0 aliphatic heterocycles. The number of allylic oxidation sites excluding steroid dienone is 1. The molecule has 27 heavy (non-hydrogen) atoms. The highest BCUT2D eigenvalue weighted by atomic mass is 16.5. The molecule has 0 unspecified atom stereocenters. The SMILES string of the molecule is CCN(CC)CCOc1ccc(/C(C#N)=C/c2ccc(N(C)C)cc2)cc1. The summed E-state index contributed by atoms with van der Waals surface area (Å²) in [6.45, 7) is 7.96. The van der Waals surface area contributed by atoms with Crippen molar-refractivity contribution in [1.82, 2.24) is 4.90 Å². The lowest BCUT2D eigenvalue weighted by molar-refractivity contribution is 0.223. The third-order valence-electron chi connectivity index (χ3n) is 4.58. The van der Waals surface area contributed by atoms with Crippen molar-refractivity contribution in [3.63, 3.8) is 0 Å². The summed E-state index contributed by atoms with van der Waals surface area (Å²) in [7, 11) is 4.02. The minimum atomic E-state index is 0.641. The lowest BCUT2D eigenvalue weighted by Gasteiger charge is -2.18. The van der Waals surface area contributed by atoms with E-state index >= 15 is 0 Å². The van der Waals surface area contributed by atoms with E-state index in [2.05, 4.69) is 29.7 Å². The van der Waals surface area contributed by atoms with Crippen molar-refractivity contribution in [1.29, 1.82) is 5.26 Å². The Bertz CT molecular complexity index is 767. The number of rotatable bonds is 9. The number of nitriles is 1. The summed E-state index contributed by atoms with van der Waals surface area (Å²) in [6.07, 6.45) is 1.91. The van der Waals surface area contributed by atoms with Gasteiger partial charge in [0.2, 0.25) is 0 Å². The number of anilines is 1. The van der Waals surface area contributed by atoms with Crippen LogP contribution in [-0.2, 0) is 0 Å². The predicted molar refractivity (Wildman–Crippen MR) is 114 cm³/mol. The molecule has 2 aromatic rings. The minimum absolute atomic E-state index is 0.641. The van der Waals surface area contributed by atoms with Crippen molar-refractivity contribution in [2.45, 2.75) is 13.8 Å². The summed E-state index contributed by atoms with van der Waals surface area (Å²) in [5, 5.41) is 9.55. The first kappa shape index (κ1) is 20.5. The first-order valence-corrected chi connectivity index (χ1v) is 9.42. The van der Waals surface area contributed by atoms with Crippen LogP contribution in [0.15, 0.2) is 48.5 Å². The van der Waals surface area contributed by atoms with Crippen LogP contribution in [0.1, 0.15) is 25.0 Å². The van der Waals surface area contributed by atoms with E-state index in [1.165, 1.54) is 0 Å². The van der Waals surface area contributed by atoms with Crippen LogP contribution in [0.3, 0.4) is 0 Å². The Balaban J connectivity index is 2.04. The summed E-state index contributed by atoms with van der Waals surface area (Å²) in [4.78, 5) is 4.38. The maximum Gasteiger partial charge on any atom is 0.119 e. The fourth-order valence-corrected chi connectivity index (χ4v) is 2.78. The quantitative estimate of drug-likeness (QED) is 0.484. The zero-order valence-corrected chi connectivity index (χ0v) is 16.8. The first-order chi connectivity index (χ1) is 13.1. The average molecular weight is 364 g/mol. The van der Waals surface area contributed by atoms with Gasteiger partial charge >= 0.3 is 0 Å². The van der Waals surface area contributed by atoms with Gasteiger partial charge in [-0.25, -0.2) is 0 Å². The number of hydrogen-bond acceptors (Lipinski definition) is 4. The molecule has 4 heteroatoms. The molecule has 0 aliphatic rings. The van der Waals surface area contributed by atoms with Crippen molar-refractivity contribution >= 4 is 17.3 Å². The molecule has 0 heterocycles. The molecule has 0 bridgehead atoms. The van der Waals surface area contributed by atoms with Gasteiger partial charge < -0.3 is 14.5 Å². The first-order valence-electron chi connectivity index (χ1n) is 9.42. The molecule has 0 aliphatic carbocycles. The van der Waals surface area contributed by atoms with E-state index in [4.69, 9.17) is 4.74 Å². The molecule has 0 atom stereocenters. The van der Waals surface area contributed by atoms with Crippen molar-refractivity contribution < 1.29 is 4.74 Å². The summed E-state index contributed by atoms with van der Waals surface area (Å²) in [5.41, 5.74) is 3.68. The monoisotopic (exact) mass is 363 g/mol. The smallest absolute Gasteiger partial charge is 0.119 e. The molecule has 0 spiro atoms. The van der Waals surface area contributed by atoms with E-state index in [1.54, 1.807) is 0 Å². The highest BCUT2D eigenvalue weighted by Gasteiger charge is 2.04. The molecular weight excluding hydrogens is 334 g/mol. The van der Waals surface area contributed by atoms with Gasteiger partial charge in [-0.3, -0.25) is 0 Å². The third-order valence-corrected chi connectivity index (χ3v) is 4.58. The molecule has 0 saturated carbocycles. The lowest BCUT2D eigenvalue weighted by Crippen LogP contribution is -2.27. The second-order valence-corrected chi connectivity index (χ2v) is 6.56. The molecule has 142 valence electrons. The van der Waals surface area contributed by atoms with Crippen LogP contribution in [0.2, 0.25) is 0 Å².